The number of hydrogen-bond donors (Lipinski definition) is 1. The predicted molar refractivity (Wildman–Crippen MR) is 65.9 cm³/mol. The summed E-state index contributed by atoms with van der Waals surface area (Å²) in [6.07, 6.45) is 1.88. The van der Waals surface area contributed by atoms with Crippen LogP contribution in [-0.4, -0.2) is 10.1 Å². The topological polar surface area (TPSA) is 33.1 Å². The summed E-state index contributed by atoms with van der Waals surface area (Å²) in [5.74, 6) is 0.296. The van der Waals surface area contributed by atoms with Crippen LogP contribution < -0.4 is 0 Å². The fourth-order valence-electron chi connectivity index (χ4n) is 2.79. The van der Waals surface area contributed by atoms with Gasteiger partial charge in [0.15, 0.2) is 0 Å². The van der Waals surface area contributed by atoms with Gasteiger partial charge in [0, 0.05) is 0 Å². The number of rotatable bonds is 1. The SMILES string of the molecule is CC1CC(C)(C)CC1(O)c1scnc1Br. The third-order valence-electron chi connectivity index (χ3n) is 3.34. The molecule has 2 atom stereocenters. The van der Waals surface area contributed by atoms with E-state index in [1.807, 2.05) is 0 Å². The smallest absolute Gasteiger partial charge is 0.123 e. The summed E-state index contributed by atoms with van der Waals surface area (Å²) in [6, 6.07) is 0. The van der Waals surface area contributed by atoms with Crippen LogP contribution in [0.5, 0.6) is 0 Å². The number of halogens is 1. The maximum atomic E-state index is 10.8. The molecule has 1 aliphatic carbocycles. The number of hydrogen-bond acceptors (Lipinski definition) is 3. The second kappa shape index (κ2) is 3.54. The first-order valence-corrected chi connectivity index (χ1v) is 6.84. The Morgan fingerprint density at radius 3 is 2.67 bits per heavy atom. The lowest BCUT2D eigenvalue weighted by molar-refractivity contribution is 0.00188. The summed E-state index contributed by atoms with van der Waals surface area (Å²) in [6.45, 7) is 6.56. The molecule has 1 fully saturated rings. The molecular weight excluding hydrogens is 274 g/mol. The molecule has 2 rings (SSSR count). The highest BCUT2D eigenvalue weighted by atomic mass is 79.9. The molecule has 0 spiro atoms. The molecule has 1 aromatic rings. The summed E-state index contributed by atoms with van der Waals surface area (Å²) in [4.78, 5) is 5.15. The molecule has 1 heterocycles. The van der Waals surface area contributed by atoms with Gasteiger partial charge in [-0.15, -0.1) is 11.3 Å². The average Bonchev–Trinajstić information content (AvgIpc) is 2.56. The van der Waals surface area contributed by atoms with Crippen molar-refractivity contribution in [1.29, 1.82) is 0 Å². The molecule has 4 heteroatoms. The fourth-order valence-corrected chi connectivity index (χ4v) is 4.54. The summed E-state index contributed by atoms with van der Waals surface area (Å²) < 4.78 is 0.805. The second-order valence-electron chi connectivity index (χ2n) is 5.34. The van der Waals surface area contributed by atoms with E-state index in [1.54, 1.807) is 16.8 Å². The molecule has 0 radical (unpaired) electrons. The minimum atomic E-state index is -0.691. The first kappa shape index (κ1) is 11.6. The maximum absolute atomic E-state index is 10.8. The zero-order chi connectivity index (χ0) is 11.3. The molecule has 1 aliphatic rings. The lowest BCUT2D eigenvalue weighted by atomic mass is 9.88. The van der Waals surface area contributed by atoms with Gasteiger partial charge in [0.05, 0.1) is 10.4 Å². The molecular formula is C11H16BrNOS. The normalized spacial score (nSPS) is 34.6. The van der Waals surface area contributed by atoms with E-state index in [0.717, 1.165) is 22.3 Å². The van der Waals surface area contributed by atoms with Gasteiger partial charge >= 0.3 is 0 Å². The van der Waals surface area contributed by atoms with Gasteiger partial charge in [-0.25, -0.2) is 4.98 Å². The standard InChI is InChI=1S/C11H16BrNOS/c1-7-4-10(2,3)5-11(7,14)8-9(12)13-6-15-8/h6-7,14H,4-5H2,1-3H3. The van der Waals surface area contributed by atoms with Crippen molar-refractivity contribution in [2.45, 2.75) is 39.2 Å². The van der Waals surface area contributed by atoms with Crippen molar-refractivity contribution in [2.24, 2.45) is 11.3 Å². The van der Waals surface area contributed by atoms with Crippen molar-refractivity contribution in [3.63, 3.8) is 0 Å². The Morgan fingerprint density at radius 2 is 2.27 bits per heavy atom. The Bertz CT molecular complexity index is 376. The maximum Gasteiger partial charge on any atom is 0.123 e. The van der Waals surface area contributed by atoms with E-state index >= 15 is 0 Å². The fraction of sp³-hybridized carbons (Fsp3) is 0.727. The zero-order valence-corrected chi connectivity index (χ0v) is 11.7. The Morgan fingerprint density at radius 1 is 1.60 bits per heavy atom. The molecule has 1 aromatic heterocycles. The summed E-state index contributed by atoms with van der Waals surface area (Å²) in [7, 11) is 0. The quantitative estimate of drug-likeness (QED) is 0.858. The van der Waals surface area contributed by atoms with Gasteiger partial charge in [0.2, 0.25) is 0 Å². The Kier molecular flexibility index (Phi) is 2.72. The summed E-state index contributed by atoms with van der Waals surface area (Å²) in [5, 5.41) is 10.8. The lowest BCUT2D eigenvalue weighted by Crippen LogP contribution is -2.28. The summed E-state index contributed by atoms with van der Waals surface area (Å²) >= 11 is 4.96. The molecule has 2 unspecified atom stereocenters. The van der Waals surface area contributed by atoms with Gasteiger partial charge in [-0.05, 0) is 40.1 Å². The Labute approximate surface area is 103 Å². The van der Waals surface area contributed by atoms with Gasteiger partial charge in [-0.1, -0.05) is 20.8 Å². The van der Waals surface area contributed by atoms with E-state index in [-0.39, 0.29) is 5.41 Å². The van der Waals surface area contributed by atoms with Gasteiger partial charge in [-0.2, -0.15) is 0 Å². The number of thiazole rings is 1. The van der Waals surface area contributed by atoms with Crippen molar-refractivity contribution >= 4 is 27.3 Å². The van der Waals surface area contributed by atoms with Crippen LogP contribution in [0.4, 0.5) is 0 Å². The van der Waals surface area contributed by atoms with Crippen LogP contribution in [-0.2, 0) is 5.60 Å². The van der Waals surface area contributed by atoms with Crippen LogP contribution in [0, 0.1) is 11.3 Å². The molecule has 0 aromatic carbocycles. The molecule has 0 bridgehead atoms. The van der Waals surface area contributed by atoms with E-state index in [0.29, 0.717) is 5.92 Å². The van der Waals surface area contributed by atoms with E-state index in [4.69, 9.17) is 0 Å². The highest BCUT2D eigenvalue weighted by molar-refractivity contribution is 9.10. The van der Waals surface area contributed by atoms with Gasteiger partial charge in [0.25, 0.3) is 0 Å². The van der Waals surface area contributed by atoms with Crippen LogP contribution in [0.25, 0.3) is 0 Å². The lowest BCUT2D eigenvalue weighted by Gasteiger charge is -2.27. The average molecular weight is 290 g/mol. The van der Waals surface area contributed by atoms with Crippen LogP contribution in [0.3, 0.4) is 0 Å². The molecule has 0 saturated heterocycles. The number of nitrogens with zero attached hydrogens (tertiary/aromatic N) is 1. The predicted octanol–water partition coefficient (Wildman–Crippen LogP) is 3.55. The van der Waals surface area contributed by atoms with Gasteiger partial charge in [0.1, 0.15) is 10.2 Å². The van der Waals surface area contributed by atoms with Crippen LogP contribution in [0.2, 0.25) is 0 Å². The number of aliphatic hydroxyl groups is 1. The highest BCUT2D eigenvalue weighted by Gasteiger charge is 2.50. The third-order valence-corrected chi connectivity index (χ3v) is 5.20. The molecule has 1 saturated carbocycles. The first-order chi connectivity index (χ1) is 6.85. The third kappa shape index (κ3) is 1.87. The minimum absolute atomic E-state index is 0.220. The largest absolute Gasteiger partial charge is 0.384 e. The zero-order valence-electron chi connectivity index (χ0n) is 9.25. The molecule has 84 valence electrons. The van der Waals surface area contributed by atoms with Crippen molar-refractivity contribution in [3.05, 3.63) is 15.0 Å². The van der Waals surface area contributed by atoms with Gasteiger partial charge in [-0.3, -0.25) is 0 Å². The Balaban J connectivity index is 2.40. The van der Waals surface area contributed by atoms with E-state index in [1.165, 1.54) is 0 Å². The molecule has 0 aliphatic heterocycles. The van der Waals surface area contributed by atoms with E-state index < -0.39 is 5.60 Å². The number of aromatic nitrogens is 1. The van der Waals surface area contributed by atoms with Gasteiger partial charge < -0.3 is 5.11 Å². The summed E-state index contributed by atoms with van der Waals surface area (Å²) in [5.41, 5.74) is 1.32. The van der Waals surface area contributed by atoms with Crippen LogP contribution in [0.1, 0.15) is 38.5 Å². The highest BCUT2D eigenvalue weighted by Crippen LogP contribution is 2.54. The molecule has 15 heavy (non-hydrogen) atoms. The van der Waals surface area contributed by atoms with E-state index in [2.05, 4.69) is 41.7 Å². The van der Waals surface area contributed by atoms with E-state index in [9.17, 15) is 5.11 Å². The first-order valence-electron chi connectivity index (χ1n) is 5.17. The van der Waals surface area contributed by atoms with Crippen molar-refractivity contribution in [2.75, 3.05) is 0 Å². The second-order valence-corrected chi connectivity index (χ2v) is 6.95. The minimum Gasteiger partial charge on any atom is -0.384 e. The monoisotopic (exact) mass is 289 g/mol. The van der Waals surface area contributed by atoms with Crippen LogP contribution in [0.15, 0.2) is 10.1 Å². The molecule has 2 nitrogen and oxygen atoms in total. The van der Waals surface area contributed by atoms with Crippen molar-refractivity contribution in [1.82, 2.24) is 4.98 Å². The molecule has 0 amide bonds. The van der Waals surface area contributed by atoms with Crippen molar-refractivity contribution in [3.8, 4) is 0 Å². The Hall–Kier alpha value is 0.0700. The molecule has 1 N–H and O–H groups in total. The van der Waals surface area contributed by atoms with Crippen molar-refractivity contribution < 1.29 is 5.11 Å². The van der Waals surface area contributed by atoms with Crippen LogP contribution >= 0.6 is 27.3 Å².